The van der Waals surface area contributed by atoms with Gasteiger partial charge in [0.2, 0.25) is 0 Å². The lowest BCUT2D eigenvalue weighted by Crippen LogP contribution is -2.16. The predicted octanol–water partition coefficient (Wildman–Crippen LogP) is 10.5. The topological polar surface area (TPSA) is 29.1 Å². The molecule has 39 heavy (non-hydrogen) atoms. The van der Waals surface area contributed by atoms with E-state index in [-0.39, 0.29) is 11.2 Å². The Morgan fingerprint density at radius 2 is 1.87 bits per heavy atom. The van der Waals surface area contributed by atoms with E-state index in [4.69, 9.17) is 0 Å². The fraction of sp³-hybridized carbons (Fsp3) is 0.286. The molecule has 0 spiro atoms. The normalized spacial score (nSPS) is 15.8. The zero-order valence-corrected chi connectivity index (χ0v) is 26.2. The van der Waals surface area contributed by atoms with Crippen molar-refractivity contribution in [1.29, 1.82) is 0 Å². The third-order valence-corrected chi connectivity index (χ3v) is 7.95. The minimum atomic E-state index is -0.139. The van der Waals surface area contributed by atoms with Crippen LogP contribution in [0, 0.1) is 0 Å². The quantitative estimate of drug-likeness (QED) is 0.170. The Morgan fingerprint density at radius 3 is 2.41 bits per heavy atom. The number of hydrogen-bond acceptors (Lipinski definition) is 4. The molecule has 2 aliphatic carbocycles. The fourth-order valence-electron chi connectivity index (χ4n) is 4.24. The first-order valence-corrected chi connectivity index (χ1v) is 14.9. The van der Waals surface area contributed by atoms with Crippen LogP contribution < -0.4 is 5.32 Å². The molecule has 0 radical (unpaired) electrons. The lowest BCUT2D eigenvalue weighted by atomic mass is 9.81. The van der Waals surface area contributed by atoms with Gasteiger partial charge >= 0.3 is 0 Å². The number of ketones is 1. The summed E-state index contributed by atoms with van der Waals surface area (Å²) in [4.78, 5) is 13.8. The Labute approximate surface area is 247 Å². The number of Topliss-reactive ketones (excluding diaryl/α,β-unsaturated/α-hetero) is 1. The van der Waals surface area contributed by atoms with Crippen LogP contribution in [0.4, 0.5) is 5.69 Å². The summed E-state index contributed by atoms with van der Waals surface area (Å²) in [7, 11) is 0. The van der Waals surface area contributed by atoms with Crippen LogP contribution >= 0.6 is 24.4 Å². The smallest absolute Gasteiger partial charge is 0.160 e. The number of fused-ring (bicyclic) bond motifs is 1. The maximum atomic E-state index is 11.8. The molecule has 2 nitrogen and oxygen atoms in total. The molecule has 208 valence electrons. The molecule has 1 aromatic carbocycles. The maximum Gasteiger partial charge on any atom is 0.160 e. The Hall–Kier alpha value is -2.95. The molecule has 2 aliphatic rings. The van der Waals surface area contributed by atoms with Crippen LogP contribution in [0.25, 0.3) is 4.91 Å². The van der Waals surface area contributed by atoms with Crippen molar-refractivity contribution in [2.45, 2.75) is 59.8 Å². The van der Waals surface area contributed by atoms with Gasteiger partial charge in [-0.05, 0) is 61.6 Å². The largest absolute Gasteiger partial charge is 0.359 e. The van der Waals surface area contributed by atoms with E-state index in [1.54, 1.807) is 30.8 Å². The molecule has 0 amide bonds. The second-order valence-corrected chi connectivity index (χ2v) is 10.7. The summed E-state index contributed by atoms with van der Waals surface area (Å²) in [6.07, 6.45) is 21.6. The summed E-state index contributed by atoms with van der Waals surface area (Å²) in [5, 5.41) is 3.57. The van der Waals surface area contributed by atoms with Gasteiger partial charge in [-0.2, -0.15) is 0 Å². The van der Waals surface area contributed by atoms with Crippen molar-refractivity contribution in [2.75, 3.05) is 11.1 Å². The summed E-state index contributed by atoms with van der Waals surface area (Å²) < 4.78 is 0. The van der Waals surface area contributed by atoms with E-state index in [0.29, 0.717) is 11.3 Å². The Balaban J connectivity index is 0.000000735. The molecule has 0 atom stereocenters. The Bertz CT molecular complexity index is 1220. The predicted molar refractivity (Wildman–Crippen MR) is 182 cm³/mol. The van der Waals surface area contributed by atoms with Crippen molar-refractivity contribution in [3.8, 4) is 0 Å². The number of thiol groups is 1. The minimum Gasteiger partial charge on any atom is -0.359 e. The van der Waals surface area contributed by atoms with Crippen molar-refractivity contribution >= 4 is 40.8 Å². The molecule has 1 N–H and O–H groups in total. The number of rotatable bonds is 10. The number of nitrogens with one attached hydrogen (secondary N) is 1. The summed E-state index contributed by atoms with van der Waals surface area (Å²) in [5.74, 6) is 0.606. The van der Waals surface area contributed by atoms with E-state index in [0.717, 1.165) is 23.4 Å². The number of hydrogen-bond donors (Lipinski definition) is 2. The molecule has 4 heteroatoms. The van der Waals surface area contributed by atoms with Gasteiger partial charge in [-0.3, -0.25) is 4.79 Å². The van der Waals surface area contributed by atoms with Crippen LogP contribution in [-0.4, -0.2) is 11.5 Å². The second kappa shape index (κ2) is 17.6. The highest BCUT2D eigenvalue weighted by Gasteiger charge is 2.36. The van der Waals surface area contributed by atoms with Crippen LogP contribution in [0.1, 0.15) is 65.5 Å². The molecule has 0 fully saturated rings. The number of allylic oxidation sites excluding steroid dienone is 13. The van der Waals surface area contributed by atoms with Gasteiger partial charge in [-0.15, -0.1) is 24.4 Å². The standard InChI is InChI=1S/C26H29NOS2.C7H10.C2H6/c1-6-20(17(3)28)24(29)16-30-25-21-14-13-19(27-18-11-9-8-10-12-18)15-23(21)26(4,5)22(25)7-2;1-3-5-7-6-4-2;1-2/h6-9,11,13-15,27,29H,1-2,10,12,16H2,3-5H3;3-7H,1H2,2H3;1-2H3/b24-20+;6-4-,7-5-;. The van der Waals surface area contributed by atoms with Gasteiger partial charge in [0, 0.05) is 37.9 Å². The number of thioether (sulfide) groups is 1. The highest BCUT2D eigenvalue weighted by atomic mass is 32.2. The molecular weight excluding hydrogens is 515 g/mol. The summed E-state index contributed by atoms with van der Waals surface area (Å²) in [6.45, 7) is 23.4. The van der Waals surface area contributed by atoms with Crippen molar-refractivity contribution in [2.24, 2.45) is 0 Å². The maximum absolute atomic E-state index is 11.8. The molecule has 0 unspecified atom stereocenters. The van der Waals surface area contributed by atoms with Gasteiger partial charge in [0.05, 0.1) is 0 Å². The van der Waals surface area contributed by atoms with Crippen LogP contribution in [0.3, 0.4) is 0 Å². The van der Waals surface area contributed by atoms with Crippen molar-refractivity contribution in [3.63, 3.8) is 0 Å². The molecular formula is C35H45NOS2. The van der Waals surface area contributed by atoms with E-state index >= 15 is 0 Å². The minimum absolute atomic E-state index is 0.0109. The molecule has 3 rings (SSSR count). The van der Waals surface area contributed by atoms with Crippen LogP contribution in [0.15, 0.2) is 120 Å². The zero-order chi connectivity index (χ0) is 29.4. The van der Waals surface area contributed by atoms with Gasteiger partial charge < -0.3 is 5.32 Å². The highest BCUT2D eigenvalue weighted by molar-refractivity contribution is 8.09. The van der Waals surface area contributed by atoms with E-state index in [1.807, 2.05) is 51.2 Å². The lowest BCUT2D eigenvalue weighted by Gasteiger charge is -2.23. The van der Waals surface area contributed by atoms with Crippen molar-refractivity contribution in [3.05, 3.63) is 132 Å². The number of anilines is 1. The first-order valence-electron chi connectivity index (χ1n) is 13.4. The summed E-state index contributed by atoms with van der Waals surface area (Å²) >= 11 is 6.28. The summed E-state index contributed by atoms with van der Waals surface area (Å²) in [5.41, 5.74) is 6.52. The van der Waals surface area contributed by atoms with E-state index < -0.39 is 0 Å². The van der Waals surface area contributed by atoms with Gasteiger partial charge in [-0.25, -0.2) is 0 Å². The average molecular weight is 560 g/mol. The van der Waals surface area contributed by atoms with E-state index in [9.17, 15) is 4.79 Å². The third-order valence-electron chi connectivity index (χ3n) is 6.18. The SMILES string of the molecule is C=C/C=C\C=C/C.C=CC1=C(SC/C(S)=C(/C=C)C(C)=O)c2ccc(NC3=CC=CCC3)cc2C1(C)C.CC. The molecule has 0 saturated heterocycles. The number of carbonyl (C=O) groups is 1. The first kappa shape index (κ1) is 34.1. The third kappa shape index (κ3) is 9.63. The molecule has 0 saturated carbocycles. The Morgan fingerprint density at radius 1 is 1.15 bits per heavy atom. The summed E-state index contributed by atoms with van der Waals surface area (Å²) in [6, 6.07) is 6.59. The number of carbonyl (C=O) groups excluding carboxylic acids is 1. The molecule has 0 bridgehead atoms. The lowest BCUT2D eigenvalue weighted by molar-refractivity contribution is -0.113. The molecule has 0 aliphatic heterocycles. The van der Waals surface area contributed by atoms with E-state index in [2.05, 4.69) is 88.0 Å². The van der Waals surface area contributed by atoms with Gasteiger partial charge in [0.1, 0.15) is 0 Å². The average Bonchev–Trinajstić information content (AvgIpc) is 3.15. The van der Waals surface area contributed by atoms with Crippen molar-refractivity contribution < 1.29 is 4.79 Å². The second-order valence-electron chi connectivity index (χ2n) is 9.17. The molecule has 0 heterocycles. The van der Waals surface area contributed by atoms with Gasteiger partial charge in [-0.1, -0.05) is 108 Å². The fourth-order valence-corrected chi connectivity index (χ4v) is 5.95. The van der Waals surface area contributed by atoms with E-state index in [1.165, 1.54) is 27.3 Å². The van der Waals surface area contributed by atoms with Gasteiger partial charge in [0.15, 0.2) is 5.78 Å². The van der Waals surface area contributed by atoms with Crippen LogP contribution in [0.2, 0.25) is 0 Å². The monoisotopic (exact) mass is 559 g/mol. The number of benzene rings is 1. The Kier molecular flexibility index (Phi) is 15.4. The van der Waals surface area contributed by atoms with Crippen molar-refractivity contribution in [1.82, 2.24) is 0 Å². The zero-order valence-electron chi connectivity index (χ0n) is 24.5. The van der Waals surface area contributed by atoms with Gasteiger partial charge in [0.25, 0.3) is 0 Å². The highest BCUT2D eigenvalue weighted by Crippen LogP contribution is 2.52. The van der Waals surface area contributed by atoms with Crippen LogP contribution in [-0.2, 0) is 10.2 Å². The first-order chi connectivity index (χ1) is 18.7. The van der Waals surface area contributed by atoms with Crippen LogP contribution in [0.5, 0.6) is 0 Å². The molecule has 1 aromatic rings. The molecule has 0 aromatic heterocycles.